The largest absolute Gasteiger partial charge is 0.425 e. The third-order valence-corrected chi connectivity index (χ3v) is 4.94. The Balaban J connectivity index is 1.48. The van der Waals surface area contributed by atoms with Gasteiger partial charge in [-0.2, -0.15) is 10.1 Å². The van der Waals surface area contributed by atoms with E-state index in [4.69, 9.17) is 4.74 Å². The van der Waals surface area contributed by atoms with Gasteiger partial charge in [-0.3, -0.25) is 14.2 Å². The molecule has 1 aromatic carbocycles. The van der Waals surface area contributed by atoms with Crippen LogP contribution in [0.3, 0.4) is 0 Å². The molecule has 5 aromatic rings. The van der Waals surface area contributed by atoms with Crippen LogP contribution in [0.1, 0.15) is 6.92 Å². The second-order valence-electron chi connectivity index (χ2n) is 6.90. The number of benzene rings is 1. The molecule has 0 N–H and O–H groups in total. The number of pyridine rings is 2. The molecular formula is C22H18F2N6O. The minimum atomic E-state index is -2.56. The van der Waals surface area contributed by atoms with E-state index in [9.17, 15) is 8.78 Å². The summed E-state index contributed by atoms with van der Waals surface area (Å²) in [5.74, 6) is 0.474. The van der Waals surface area contributed by atoms with E-state index in [0.717, 1.165) is 28.8 Å². The highest BCUT2D eigenvalue weighted by atomic mass is 19.3. The van der Waals surface area contributed by atoms with E-state index < -0.39 is 13.0 Å². The number of hydrogen-bond donors (Lipinski definition) is 0. The van der Waals surface area contributed by atoms with Crippen LogP contribution in [0.2, 0.25) is 0 Å². The van der Waals surface area contributed by atoms with Crippen LogP contribution in [0.25, 0.3) is 33.5 Å². The summed E-state index contributed by atoms with van der Waals surface area (Å²) in [6.45, 7) is 2.21. The molecule has 0 atom stereocenters. The molecule has 31 heavy (non-hydrogen) atoms. The van der Waals surface area contributed by atoms with Crippen LogP contribution in [-0.4, -0.2) is 35.7 Å². The summed E-state index contributed by atoms with van der Waals surface area (Å²) in [6.07, 6.45) is 0.726. The molecule has 0 fully saturated rings. The molecule has 0 aliphatic heterocycles. The van der Waals surface area contributed by atoms with Gasteiger partial charge in [0.05, 0.1) is 12.1 Å². The molecular weight excluding hydrogens is 402 g/mol. The first kappa shape index (κ1) is 19.1. The predicted octanol–water partition coefficient (Wildman–Crippen LogP) is 4.92. The minimum Gasteiger partial charge on any atom is -0.425 e. The second kappa shape index (κ2) is 7.75. The molecule has 0 aliphatic carbocycles. The lowest BCUT2D eigenvalue weighted by molar-refractivity contribution is 0.124. The van der Waals surface area contributed by atoms with Gasteiger partial charge in [-0.05, 0) is 55.5 Å². The van der Waals surface area contributed by atoms with Gasteiger partial charge in [0.15, 0.2) is 5.65 Å². The van der Waals surface area contributed by atoms with Gasteiger partial charge in [-0.1, -0.05) is 0 Å². The number of aromatic nitrogens is 6. The summed E-state index contributed by atoms with van der Waals surface area (Å²) in [4.78, 5) is 12.9. The fraction of sp³-hybridized carbons (Fsp3) is 0.182. The molecule has 0 amide bonds. The van der Waals surface area contributed by atoms with Crippen LogP contribution >= 0.6 is 0 Å². The standard InChI is InChI=1S/C22H18F2N6O/c1-2-30-17-6-4-11-25-20(17)19(28-30)14-7-9-15(10-8-14)31-22-27-16-5-3-12-26-21(16)29(22)13-18(23)24/h3-12,18H,2,13H2,1H3. The minimum absolute atomic E-state index is 0.0733. The molecule has 0 radical (unpaired) electrons. The first-order chi connectivity index (χ1) is 15.1. The lowest BCUT2D eigenvalue weighted by Crippen LogP contribution is -2.08. The molecule has 156 valence electrons. The summed E-state index contributed by atoms with van der Waals surface area (Å²) in [6, 6.07) is 14.6. The highest BCUT2D eigenvalue weighted by Gasteiger charge is 2.18. The van der Waals surface area contributed by atoms with Crippen LogP contribution in [0.4, 0.5) is 8.78 Å². The van der Waals surface area contributed by atoms with Gasteiger partial charge >= 0.3 is 6.01 Å². The van der Waals surface area contributed by atoms with Gasteiger partial charge in [0.25, 0.3) is 6.43 Å². The first-order valence-electron chi connectivity index (χ1n) is 9.83. The third kappa shape index (κ3) is 3.48. The first-order valence-corrected chi connectivity index (χ1v) is 9.83. The van der Waals surface area contributed by atoms with Crippen molar-refractivity contribution in [2.24, 2.45) is 0 Å². The lowest BCUT2D eigenvalue weighted by Gasteiger charge is -2.09. The van der Waals surface area contributed by atoms with E-state index in [1.807, 2.05) is 35.9 Å². The van der Waals surface area contributed by atoms with Crippen LogP contribution in [0.5, 0.6) is 11.8 Å². The van der Waals surface area contributed by atoms with Crippen molar-refractivity contribution in [3.63, 3.8) is 0 Å². The highest BCUT2D eigenvalue weighted by Crippen LogP contribution is 2.30. The molecule has 4 heterocycles. The molecule has 0 aliphatic rings. The Morgan fingerprint density at radius 1 is 1.00 bits per heavy atom. The molecule has 0 saturated heterocycles. The van der Waals surface area contributed by atoms with Crippen molar-refractivity contribution < 1.29 is 13.5 Å². The smallest absolute Gasteiger partial charge is 0.304 e. The maximum Gasteiger partial charge on any atom is 0.304 e. The Hall–Kier alpha value is -3.88. The molecule has 0 spiro atoms. The molecule has 4 aromatic heterocycles. The molecule has 9 heteroatoms. The van der Waals surface area contributed by atoms with Crippen molar-refractivity contribution in [2.45, 2.75) is 26.4 Å². The average Bonchev–Trinajstić information content (AvgIpc) is 3.32. The van der Waals surface area contributed by atoms with Gasteiger partial charge < -0.3 is 4.74 Å². The average molecular weight is 420 g/mol. The Labute approximate surface area is 175 Å². The van der Waals surface area contributed by atoms with Crippen molar-refractivity contribution in [2.75, 3.05) is 0 Å². The monoisotopic (exact) mass is 420 g/mol. The fourth-order valence-electron chi connectivity index (χ4n) is 3.55. The Morgan fingerprint density at radius 3 is 2.55 bits per heavy atom. The zero-order valence-electron chi connectivity index (χ0n) is 16.6. The van der Waals surface area contributed by atoms with Crippen LogP contribution in [-0.2, 0) is 13.1 Å². The highest BCUT2D eigenvalue weighted by molar-refractivity contribution is 5.89. The summed E-state index contributed by atoms with van der Waals surface area (Å²) in [5.41, 5.74) is 4.30. The fourth-order valence-corrected chi connectivity index (χ4v) is 3.55. The maximum absolute atomic E-state index is 13.1. The Bertz CT molecular complexity index is 1360. The van der Waals surface area contributed by atoms with E-state index >= 15 is 0 Å². The van der Waals surface area contributed by atoms with E-state index in [-0.39, 0.29) is 6.01 Å². The number of rotatable bonds is 6. The predicted molar refractivity (Wildman–Crippen MR) is 112 cm³/mol. The van der Waals surface area contributed by atoms with Gasteiger partial charge in [-0.15, -0.1) is 0 Å². The molecule has 7 nitrogen and oxygen atoms in total. The number of alkyl halides is 2. The SMILES string of the molecule is CCn1nc(-c2ccc(Oc3nc4cccnc4n3CC(F)F)cc2)c2ncccc21. The number of imidazole rings is 1. The van der Waals surface area contributed by atoms with Crippen molar-refractivity contribution in [3.8, 4) is 23.0 Å². The Morgan fingerprint density at radius 2 is 1.77 bits per heavy atom. The number of ether oxygens (including phenoxy) is 1. The third-order valence-electron chi connectivity index (χ3n) is 4.94. The second-order valence-corrected chi connectivity index (χ2v) is 6.90. The van der Waals surface area contributed by atoms with E-state index in [0.29, 0.717) is 16.9 Å². The summed E-state index contributed by atoms with van der Waals surface area (Å²) in [7, 11) is 0. The zero-order chi connectivity index (χ0) is 21.4. The quantitative estimate of drug-likeness (QED) is 0.390. The van der Waals surface area contributed by atoms with Gasteiger partial charge in [0.2, 0.25) is 0 Å². The van der Waals surface area contributed by atoms with Crippen molar-refractivity contribution in [1.29, 1.82) is 0 Å². The summed E-state index contributed by atoms with van der Waals surface area (Å²) >= 11 is 0. The van der Waals surface area contributed by atoms with E-state index in [2.05, 4.69) is 20.1 Å². The van der Waals surface area contributed by atoms with Gasteiger partial charge in [0, 0.05) is 24.5 Å². The van der Waals surface area contributed by atoms with E-state index in [1.54, 1.807) is 36.7 Å². The van der Waals surface area contributed by atoms with Gasteiger partial charge in [-0.25, -0.2) is 13.8 Å². The summed E-state index contributed by atoms with van der Waals surface area (Å²) < 4.78 is 35.2. The number of nitrogens with zero attached hydrogens (tertiary/aromatic N) is 6. The lowest BCUT2D eigenvalue weighted by atomic mass is 10.1. The number of halogens is 2. The molecule has 0 unspecified atom stereocenters. The van der Waals surface area contributed by atoms with Crippen LogP contribution in [0, 0.1) is 0 Å². The van der Waals surface area contributed by atoms with Crippen LogP contribution in [0.15, 0.2) is 60.9 Å². The van der Waals surface area contributed by atoms with Crippen molar-refractivity contribution in [3.05, 3.63) is 60.9 Å². The Kier molecular flexibility index (Phi) is 4.78. The number of hydrogen-bond acceptors (Lipinski definition) is 5. The zero-order valence-corrected chi connectivity index (χ0v) is 16.6. The van der Waals surface area contributed by atoms with Crippen LogP contribution < -0.4 is 4.74 Å². The molecule has 5 rings (SSSR count). The number of fused-ring (bicyclic) bond motifs is 2. The normalized spacial score (nSPS) is 11.6. The topological polar surface area (TPSA) is 70.7 Å². The van der Waals surface area contributed by atoms with Crippen molar-refractivity contribution in [1.82, 2.24) is 29.3 Å². The number of aryl methyl sites for hydroxylation is 1. The molecule has 0 bridgehead atoms. The van der Waals surface area contributed by atoms with E-state index in [1.165, 1.54) is 4.57 Å². The van der Waals surface area contributed by atoms with Crippen molar-refractivity contribution >= 4 is 22.2 Å². The maximum atomic E-state index is 13.1. The molecule has 0 saturated carbocycles. The van der Waals surface area contributed by atoms with Gasteiger partial charge in [0.1, 0.15) is 22.5 Å². The summed E-state index contributed by atoms with van der Waals surface area (Å²) in [5, 5.41) is 4.67.